The zero-order valence-corrected chi connectivity index (χ0v) is 9.21. The summed E-state index contributed by atoms with van der Waals surface area (Å²) in [5, 5.41) is 10.3. The highest BCUT2D eigenvalue weighted by atomic mass is 16.5. The predicted molar refractivity (Wildman–Crippen MR) is 65.8 cm³/mol. The lowest BCUT2D eigenvalue weighted by Gasteiger charge is -2.29. The van der Waals surface area contributed by atoms with E-state index in [1.807, 2.05) is 36.4 Å². The zero-order valence-electron chi connectivity index (χ0n) is 11.2. The first-order valence-corrected chi connectivity index (χ1v) is 5.59. The van der Waals surface area contributed by atoms with E-state index in [-0.39, 0.29) is 0 Å². The van der Waals surface area contributed by atoms with E-state index in [0.29, 0.717) is 11.3 Å². The van der Waals surface area contributed by atoms with E-state index >= 15 is 0 Å². The van der Waals surface area contributed by atoms with Crippen LogP contribution >= 0.6 is 0 Å². The minimum absolute atomic E-state index is 0.500. The lowest BCUT2D eigenvalue weighted by molar-refractivity contribution is 0.0657. The summed E-state index contributed by atoms with van der Waals surface area (Å²) in [6, 6.07) is 16.2. The molecule has 0 saturated carbocycles. The van der Waals surface area contributed by atoms with Crippen LogP contribution in [0.2, 0.25) is 0 Å². The number of benzene rings is 2. The quantitative estimate of drug-likeness (QED) is 0.812. The first kappa shape index (κ1) is 8.31. The number of rotatable bonds is 1. The number of para-hydroxylation sites is 1. The highest BCUT2D eigenvalue weighted by molar-refractivity contribution is 5.38. The van der Waals surface area contributed by atoms with Gasteiger partial charge in [-0.25, -0.2) is 0 Å². The first-order chi connectivity index (χ1) is 9.10. The molecule has 0 bridgehead atoms. The van der Waals surface area contributed by atoms with Crippen molar-refractivity contribution in [2.24, 2.45) is 0 Å². The van der Waals surface area contributed by atoms with Crippen molar-refractivity contribution in [2.75, 3.05) is 0 Å². The standard InChI is InChI=1S/C15H14O2/c16-13-10-15(11-6-2-1-3-7-11)17-14-9-5-4-8-12(13)14/h1-9,13,15-16H,10H2/i10D2. The van der Waals surface area contributed by atoms with Gasteiger partial charge >= 0.3 is 0 Å². The molecule has 3 rings (SSSR count). The topological polar surface area (TPSA) is 29.5 Å². The molecule has 0 amide bonds. The van der Waals surface area contributed by atoms with Gasteiger partial charge in [-0.05, 0) is 11.6 Å². The van der Waals surface area contributed by atoms with Gasteiger partial charge in [0.1, 0.15) is 11.9 Å². The Kier molecular flexibility index (Phi) is 2.07. The van der Waals surface area contributed by atoms with Gasteiger partial charge in [-0.3, -0.25) is 0 Å². The van der Waals surface area contributed by atoms with E-state index in [0.717, 1.165) is 5.56 Å². The zero-order chi connectivity index (χ0) is 13.5. The summed E-state index contributed by atoms with van der Waals surface area (Å²) in [5.41, 5.74) is 1.22. The number of ether oxygens (including phenoxy) is 1. The van der Waals surface area contributed by atoms with E-state index in [2.05, 4.69) is 0 Å². The van der Waals surface area contributed by atoms with Crippen molar-refractivity contribution in [3.63, 3.8) is 0 Å². The average molecular weight is 228 g/mol. The number of hydrogen-bond donors (Lipinski definition) is 1. The molecular formula is C15H14O2. The van der Waals surface area contributed by atoms with Gasteiger partial charge in [0.25, 0.3) is 0 Å². The van der Waals surface area contributed by atoms with Crippen LogP contribution in [0.15, 0.2) is 54.6 Å². The Morgan fingerprint density at radius 2 is 1.76 bits per heavy atom. The van der Waals surface area contributed by atoms with Gasteiger partial charge in [0.05, 0.1) is 6.10 Å². The summed E-state index contributed by atoms with van der Waals surface area (Å²) in [7, 11) is 0. The average Bonchev–Trinajstić information content (AvgIpc) is 2.44. The summed E-state index contributed by atoms with van der Waals surface area (Å²) in [5.74, 6) is 0.541. The summed E-state index contributed by atoms with van der Waals surface area (Å²) in [4.78, 5) is 0. The molecule has 0 radical (unpaired) electrons. The van der Waals surface area contributed by atoms with Crippen molar-refractivity contribution < 1.29 is 12.6 Å². The first-order valence-electron chi connectivity index (χ1n) is 6.59. The van der Waals surface area contributed by atoms with Gasteiger partial charge in [0, 0.05) is 14.7 Å². The fraction of sp³-hybridized carbons (Fsp3) is 0.200. The van der Waals surface area contributed by atoms with Crippen LogP contribution < -0.4 is 4.74 Å². The van der Waals surface area contributed by atoms with E-state index in [9.17, 15) is 5.11 Å². The largest absolute Gasteiger partial charge is 0.485 e. The third-order valence-electron chi connectivity index (χ3n) is 2.87. The number of aliphatic hydroxyl groups excluding tert-OH is 1. The Labute approximate surface area is 103 Å². The maximum absolute atomic E-state index is 10.3. The Bertz CT molecular complexity index is 584. The van der Waals surface area contributed by atoms with Crippen LogP contribution in [0, 0.1) is 0 Å². The maximum atomic E-state index is 10.3. The van der Waals surface area contributed by atoms with Crippen LogP contribution in [0.5, 0.6) is 5.75 Å². The van der Waals surface area contributed by atoms with Crippen molar-refractivity contribution in [1.82, 2.24) is 0 Å². The summed E-state index contributed by atoms with van der Waals surface area (Å²) >= 11 is 0. The highest BCUT2D eigenvalue weighted by Crippen LogP contribution is 2.40. The van der Waals surface area contributed by atoms with Gasteiger partial charge in [0.2, 0.25) is 0 Å². The molecule has 17 heavy (non-hydrogen) atoms. The number of hydrogen-bond acceptors (Lipinski definition) is 2. The number of aliphatic hydroxyl groups is 1. The third kappa shape index (κ3) is 1.92. The molecule has 1 aliphatic rings. The monoisotopic (exact) mass is 228 g/mol. The molecule has 0 saturated heterocycles. The van der Waals surface area contributed by atoms with Crippen molar-refractivity contribution in [3.05, 3.63) is 65.7 Å². The van der Waals surface area contributed by atoms with Gasteiger partial charge < -0.3 is 9.84 Å². The molecule has 2 heteroatoms. The van der Waals surface area contributed by atoms with Crippen LogP contribution in [-0.2, 0) is 0 Å². The predicted octanol–water partition coefficient (Wildman–Crippen LogP) is 3.24. The third-order valence-corrected chi connectivity index (χ3v) is 2.87. The molecule has 0 fully saturated rings. The second-order valence-electron chi connectivity index (χ2n) is 4.02. The van der Waals surface area contributed by atoms with Crippen molar-refractivity contribution >= 4 is 0 Å². The molecule has 1 aliphatic heterocycles. The summed E-state index contributed by atoms with van der Waals surface area (Å²) in [6.45, 7) is 0. The van der Waals surface area contributed by atoms with E-state index in [1.54, 1.807) is 18.2 Å². The molecule has 1 heterocycles. The Hall–Kier alpha value is -1.80. The van der Waals surface area contributed by atoms with E-state index in [1.165, 1.54) is 0 Å². The Balaban J connectivity index is 2.09. The van der Waals surface area contributed by atoms with Gasteiger partial charge in [-0.1, -0.05) is 48.5 Å². The van der Waals surface area contributed by atoms with E-state index in [4.69, 9.17) is 7.48 Å². The molecule has 2 aromatic carbocycles. The minimum Gasteiger partial charge on any atom is -0.485 e. The Morgan fingerprint density at radius 3 is 2.59 bits per heavy atom. The van der Waals surface area contributed by atoms with Gasteiger partial charge in [-0.2, -0.15) is 0 Å². The normalized spacial score (nSPS) is 27.4. The van der Waals surface area contributed by atoms with Gasteiger partial charge in [0.15, 0.2) is 0 Å². The van der Waals surface area contributed by atoms with Crippen molar-refractivity contribution in [3.8, 4) is 5.75 Å². The van der Waals surface area contributed by atoms with Crippen LogP contribution in [0.25, 0.3) is 0 Å². The fourth-order valence-corrected chi connectivity index (χ4v) is 2.00. The molecule has 0 aliphatic carbocycles. The highest BCUT2D eigenvalue weighted by Gasteiger charge is 2.27. The fourth-order valence-electron chi connectivity index (χ4n) is 2.00. The van der Waals surface area contributed by atoms with Gasteiger partial charge in [-0.15, -0.1) is 0 Å². The molecule has 0 aromatic heterocycles. The van der Waals surface area contributed by atoms with Crippen molar-refractivity contribution in [1.29, 1.82) is 0 Å². The molecule has 2 atom stereocenters. The maximum Gasteiger partial charge on any atom is 0.127 e. The van der Waals surface area contributed by atoms with E-state index < -0.39 is 18.6 Å². The SMILES string of the molecule is [2H]C1([2H])C(O)c2ccccc2OC1c1ccccc1. The molecule has 2 nitrogen and oxygen atoms in total. The van der Waals surface area contributed by atoms with Crippen LogP contribution in [0.1, 0.15) is 32.4 Å². The smallest absolute Gasteiger partial charge is 0.127 e. The summed E-state index contributed by atoms with van der Waals surface area (Å²) < 4.78 is 22.1. The lowest BCUT2D eigenvalue weighted by atomic mass is 9.95. The van der Waals surface area contributed by atoms with Crippen LogP contribution in [-0.4, -0.2) is 5.11 Å². The molecule has 86 valence electrons. The molecule has 0 spiro atoms. The van der Waals surface area contributed by atoms with Crippen LogP contribution in [0.3, 0.4) is 0 Å². The minimum atomic E-state index is -1.87. The molecular weight excluding hydrogens is 212 g/mol. The Morgan fingerprint density at radius 1 is 1.06 bits per heavy atom. The molecule has 2 unspecified atom stereocenters. The molecule has 1 N–H and O–H groups in total. The second-order valence-corrected chi connectivity index (χ2v) is 4.02. The van der Waals surface area contributed by atoms with Crippen molar-refractivity contribution in [2.45, 2.75) is 18.6 Å². The second kappa shape index (κ2) is 4.22. The lowest BCUT2D eigenvalue weighted by Crippen LogP contribution is -2.18. The van der Waals surface area contributed by atoms with Crippen LogP contribution in [0.4, 0.5) is 0 Å². The number of fused-ring (bicyclic) bond motifs is 1. The summed E-state index contributed by atoms with van der Waals surface area (Å²) in [6.07, 6.45) is -3.86. The molecule has 2 aromatic rings.